The van der Waals surface area contributed by atoms with Gasteiger partial charge in [-0.05, 0) is 55.7 Å². The number of fused-ring (bicyclic) bond motifs is 1. The van der Waals surface area contributed by atoms with E-state index in [1.165, 1.54) is 34.4 Å². The number of thiophene rings is 1. The molecule has 2 aromatic heterocycles. The largest absolute Gasteiger partial charge is 0.416 e. The van der Waals surface area contributed by atoms with Gasteiger partial charge in [0, 0.05) is 16.1 Å². The van der Waals surface area contributed by atoms with Crippen LogP contribution in [0.25, 0.3) is 21.3 Å². The van der Waals surface area contributed by atoms with Gasteiger partial charge in [0.2, 0.25) is 5.91 Å². The van der Waals surface area contributed by atoms with Gasteiger partial charge >= 0.3 is 6.18 Å². The summed E-state index contributed by atoms with van der Waals surface area (Å²) < 4.78 is 39.9. The molecule has 4 aromatic rings. The van der Waals surface area contributed by atoms with E-state index in [2.05, 4.69) is 10.3 Å². The average molecular weight is 472 g/mol. The highest BCUT2D eigenvalue weighted by Gasteiger charge is 2.30. The fourth-order valence-corrected chi connectivity index (χ4v) is 4.63. The van der Waals surface area contributed by atoms with Gasteiger partial charge in [-0.15, -0.1) is 11.3 Å². The van der Waals surface area contributed by atoms with Crippen LogP contribution in [0.2, 0.25) is 0 Å². The highest BCUT2D eigenvalue weighted by Crippen LogP contribution is 2.36. The maximum Gasteiger partial charge on any atom is 0.416 e. The summed E-state index contributed by atoms with van der Waals surface area (Å²) in [7, 11) is 0. The fourth-order valence-electron chi connectivity index (χ4n) is 3.62. The summed E-state index contributed by atoms with van der Waals surface area (Å²) in [6, 6.07) is 10.3. The van der Waals surface area contributed by atoms with Gasteiger partial charge in [-0.3, -0.25) is 14.2 Å². The number of nitrogens with one attached hydrogen (secondary N) is 1. The minimum absolute atomic E-state index is 0.000825. The van der Waals surface area contributed by atoms with Crippen molar-refractivity contribution in [1.29, 1.82) is 0 Å². The second kappa shape index (κ2) is 8.47. The summed E-state index contributed by atoms with van der Waals surface area (Å²) in [6.07, 6.45) is -3.23. The molecule has 4 rings (SSSR count). The summed E-state index contributed by atoms with van der Waals surface area (Å²) in [5.41, 5.74) is 2.66. The average Bonchev–Trinajstić information content (AvgIpc) is 3.08. The van der Waals surface area contributed by atoms with Crippen LogP contribution in [-0.2, 0) is 17.5 Å². The van der Waals surface area contributed by atoms with Crippen molar-refractivity contribution in [2.45, 2.75) is 33.5 Å². The number of benzene rings is 2. The van der Waals surface area contributed by atoms with E-state index in [0.717, 1.165) is 39.3 Å². The predicted molar refractivity (Wildman–Crippen MR) is 124 cm³/mol. The molecule has 2 aromatic carbocycles. The van der Waals surface area contributed by atoms with E-state index < -0.39 is 17.6 Å². The SMILES string of the molecule is Cc1ccc(-c2c(C)sc3ncn(CC(=O)Nc4cccc(C(F)(F)F)c4)c(=O)c23)cc1C. The Morgan fingerprint density at radius 1 is 1.09 bits per heavy atom. The summed E-state index contributed by atoms with van der Waals surface area (Å²) in [5.74, 6) is -0.628. The van der Waals surface area contributed by atoms with Crippen molar-refractivity contribution in [3.63, 3.8) is 0 Å². The van der Waals surface area contributed by atoms with Gasteiger partial charge in [-0.25, -0.2) is 4.98 Å². The van der Waals surface area contributed by atoms with Gasteiger partial charge < -0.3 is 5.32 Å². The molecule has 0 bridgehead atoms. The van der Waals surface area contributed by atoms with Crippen molar-refractivity contribution in [2.24, 2.45) is 0 Å². The Hall–Kier alpha value is -3.46. The Morgan fingerprint density at radius 3 is 2.55 bits per heavy atom. The molecule has 1 amide bonds. The molecule has 0 saturated carbocycles. The number of hydrogen-bond acceptors (Lipinski definition) is 4. The Bertz CT molecular complexity index is 1440. The number of hydrogen-bond donors (Lipinski definition) is 1. The van der Waals surface area contributed by atoms with Crippen molar-refractivity contribution < 1.29 is 18.0 Å². The highest BCUT2D eigenvalue weighted by molar-refractivity contribution is 7.19. The van der Waals surface area contributed by atoms with E-state index in [-0.39, 0.29) is 17.8 Å². The Balaban J connectivity index is 1.67. The van der Waals surface area contributed by atoms with E-state index >= 15 is 0 Å². The van der Waals surface area contributed by atoms with Crippen LogP contribution in [0, 0.1) is 20.8 Å². The molecule has 0 saturated heterocycles. The number of anilines is 1. The number of rotatable bonds is 4. The highest BCUT2D eigenvalue weighted by atomic mass is 32.1. The molecule has 170 valence electrons. The number of halogens is 3. The lowest BCUT2D eigenvalue weighted by Crippen LogP contribution is -2.28. The first-order valence-electron chi connectivity index (χ1n) is 10.1. The molecule has 5 nitrogen and oxygen atoms in total. The van der Waals surface area contributed by atoms with Crippen LogP contribution in [0.4, 0.5) is 18.9 Å². The molecular formula is C24H20F3N3O2S. The summed E-state index contributed by atoms with van der Waals surface area (Å²) in [5, 5.41) is 2.85. The van der Waals surface area contributed by atoms with Crippen LogP contribution >= 0.6 is 11.3 Å². The second-order valence-corrected chi connectivity index (χ2v) is 9.02. The fraction of sp³-hybridized carbons (Fsp3) is 0.208. The quantitative estimate of drug-likeness (QED) is 0.415. The number of nitrogens with zero attached hydrogens (tertiary/aromatic N) is 2. The molecule has 0 atom stereocenters. The van der Waals surface area contributed by atoms with Gasteiger partial charge in [0.15, 0.2) is 0 Å². The zero-order valence-electron chi connectivity index (χ0n) is 18.1. The monoisotopic (exact) mass is 471 g/mol. The van der Waals surface area contributed by atoms with Gasteiger partial charge in [-0.2, -0.15) is 13.2 Å². The zero-order chi connectivity index (χ0) is 23.9. The van der Waals surface area contributed by atoms with Crippen LogP contribution in [-0.4, -0.2) is 15.5 Å². The Kier molecular flexibility index (Phi) is 5.84. The van der Waals surface area contributed by atoms with Gasteiger partial charge in [0.1, 0.15) is 11.4 Å². The van der Waals surface area contributed by atoms with Crippen LogP contribution in [0.5, 0.6) is 0 Å². The van der Waals surface area contributed by atoms with Gasteiger partial charge in [0.05, 0.1) is 17.3 Å². The first-order chi connectivity index (χ1) is 15.5. The summed E-state index contributed by atoms with van der Waals surface area (Å²) >= 11 is 1.40. The minimum Gasteiger partial charge on any atom is -0.325 e. The maximum absolute atomic E-state index is 13.3. The molecule has 0 aliphatic rings. The van der Waals surface area contributed by atoms with Crippen LogP contribution in [0.3, 0.4) is 0 Å². The third-order valence-corrected chi connectivity index (χ3v) is 6.45. The van der Waals surface area contributed by atoms with Gasteiger partial charge in [0.25, 0.3) is 5.56 Å². The number of carbonyl (C=O) groups is 1. The second-order valence-electron chi connectivity index (χ2n) is 7.82. The van der Waals surface area contributed by atoms with Crippen LogP contribution in [0.15, 0.2) is 53.6 Å². The molecule has 2 heterocycles. The van der Waals surface area contributed by atoms with Crippen molar-refractivity contribution >= 4 is 33.1 Å². The topological polar surface area (TPSA) is 64.0 Å². The first kappa shape index (κ1) is 22.7. The number of aromatic nitrogens is 2. The van der Waals surface area contributed by atoms with Gasteiger partial charge in [-0.1, -0.05) is 24.3 Å². The van der Waals surface area contributed by atoms with Crippen molar-refractivity contribution in [1.82, 2.24) is 9.55 Å². The molecule has 9 heteroatoms. The van der Waals surface area contributed by atoms with Crippen LogP contribution < -0.4 is 10.9 Å². The molecule has 0 aliphatic carbocycles. The van der Waals surface area contributed by atoms with E-state index in [9.17, 15) is 22.8 Å². The van der Waals surface area contributed by atoms with Crippen molar-refractivity contribution in [3.05, 3.63) is 80.7 Å². The lowest BCUT2D eigenvalue weighted by molar-refractivity contribution is -0.137. The lowest BCUT2D eigenvalue weighted by Gasteiger charge is -2.11. The molecule has 0 radical (unpaired) electrons. The van der Waals surface area contributed by atoms with Crippen molar-refractivity contribution in [2.75, 3.05) is 5.32 Å². The lowest BCUT2D eigenvalue weighted by atomic mass is 9.99. The van der Waals surface area contributed by atoms with E-state index in [1.54, 1.807) is 0 Å². The first-order valence-corrected chi connectivity index (χ1v) is 10.9. The number of aryl methyl sites for hydroxylation is 3. The smallest absolute Gasteiger partial charge is 0.325 e. The Labute approximate surface area is 191 Å². The third kappa shape index (κ3) is 4.54. The summed E-state index contributed by atoms with van der Waals surface area (Å²) in [4.78, 5) is 31.6. The molecule has 0 spiro atoms. The zero-order valence-corrected chi connectivity index (χ0v) is 18.9. The molecule has 0 fully saturated rings. The Morgan fingerprint density at radius 2 is 1.85 bits per heavy atom. The minimum atomic E-state index is -4.52. The number of amides is 1. The maximum atomic E-state index is 13.3. The molecule has 0 aliphatic heterocycles. The van der Waals surface area contributed by atoms with Crippen molar-refractivity contribution in [3.8, 4) is 11.1 Å². The van der Waals surface area contributed by atoms with Crippen LogP contribution in [0.1, 0.15) is 21.6 Å². The predicted octanol–water partition coefficient (Wildman–Crippen LogP) is 5.71. The summed E-state index contributed by atoms with van der Waals surface area (Å²) in [6.45, 7) is 5.55. The number of alkyl halides is 3. The van der Waals surface area contributed by atoms with E-state index in [4.69, 9.17) is 0 Å². The third-order valence-electron chi connectivity index (χ3n) is 5.44. The van der Waals surface area contributed by atoms with E-state index in [1.807, 2.05) is 39.0 Å². The molecule has 33 heavy (non-hydrogen) atoms. The number of carbonyl (C=O) groups excluding carboxylic acids is 1. The standard InChI is InChI=1S/C24H20F3N3O2S/c1-13-7-8-16(9-14(13)2)20-15(3)33-22-21(20)23(32)30(12-28-22)11-19(31)29-18-6-4-5-17(10-18)24(25,26)27/h4-10,12H,11H2,1-3H3,(H,29,31). The normalized spacial score (nSPS) is 11.7. The van der Waals surface area contributed by atoms with E-state index in [0.29, 0.717) is 10.2 Å². The molecule has 1 N–H and O–H groups in total. The molecular weight excluding hydrogens is 451 g/mol. The molecule has 0 unspecified atom stereocenters.